The maximum absolute atomic E-state index is 13.3. The molecule has 1 aliphatic rings. The van der Waals surface area contributed by atoms with Crippen LogP contribution in [-0.2, 0) is 14.3 Å². The summed E-state index contributed by atoms with van der Waals surface area (Å²) in [5, 5.41) is 1.18. The van der Waals surface area contributed by atoms with Gasteiger partial charge in [-0.3, -0.25) is 9.59 Å². The minimum atomic E-state index is -3.17. The number of hydrogen-bond donors (Lipinski definition) is 0. The van der Waals surface area contributed by atoms with Gasteiger partial charge in [0.1, 0.15) is 5.41 Å². The molecule has 0 saturated carbocycles. The summed E-state index contributed by atoms with van der Waals surface area (Å²) in [4.78, 5) is 25.5. The van der Waals surface area contributed by atoms with Gasteiger partial charge in [-0.05, 0) is 37.8 Å². The van der Waals surface area contributed by atoms with E-state index in [1.54, 1.807) is 48.5 Å². The third kappa shape index (κ3) is 1.94. The molecule has 22 heavy (non-hydrogen) atoms. The van der Waals surface area contributed by atoms with Gasteiger partial charge in [-0.25, -0.2) is 0 Å². The Morgan fingerprint density at radius 1 is 0.955 bits per heavy atom. The number of aryl methyl sites for hydroxylation is 1. The second kappa shape index (κ2) is 5.03. The molecule has 2 amide bonds. The third-order valence-electron chi connectivity index (χ3n) is 3.61. The maximum Gasteiger partial charge on any atom is 0.305 e. The van der Waals surface area contributed by atoms with E-state index in [4.69, 9.17) is 0 Å². The lowest BCUT2D eigenvalue weighted by molar-refractivity contribution is 0.0768. The monoisotopic (exact) mass is 312 g/mol. The van der Waals surface area contributed by atoms with Crippen molar-refractivity contribution in [1.29, 1.82) is 0 Å². The van der Waals surface area contributed by atoms with Crippen LogP contribution in [0.2, 0.25) is 0 Å². The number of carbonyl (C=O) groups is 2. The molecule has 0 saturated heterocycles. The van der Waals surface area contributed by atoms with Crippen LogP contribution < -0.4 is 0 Å². The van der Waals surface area contributed by atoms with E-state index < -0.39 is 21.9 Å². The molecule has 0 bridgehead atoms. The maximum atomic E-state index is 13.3. The summed E-state index contributed by atoms with van der Waals surface area (Å²) in [6.07, 6.45) is 0. The average Bonchev–Trinajstić information content (AvgIpc) is 2.80. The number of benzene rings is 2. The minimum Gasteiger partial charge on any atom is -0.264 e. The molecule has 0 aromatic heterocycles. The molecular formula is C17H14NO3S+. The Bertz CT molecular complexity index is 804. The first kappa shape index (κ1) is 14.4. The Hall–Kier alpha value is -2.53. The standard InChI is InChI=1S/C17H14NO3S/c1-3-22(21,13-10-8-12(2)9-11-13)18-16(19)14-6-4-5-7-15(14)17(18)20/h3-11H,1H2,2H3/q+1. The molecule has 2 aromatic rings. The van der Waals surface area contributed by atoms with Crippen molar-refractivity contribution >= 4 is 21.9 Å². The average molecular weight is 312 g/mol. The lowest BCUT2D eigenvalue weighted by atomic mass is 10.1. The summed E-state index contributed by atoms with van der Waals surface area (Å²) in [5.74, 6) is -1.10. The molecule has 1 atom stereocenters. The fraction of sp³-hybridized carbons (Fsp3) is 0.0588. The zero-order chi connectivity index (χ0) is 15.9. The van der Waals surface area contributed by atoms with Crippen LogP contribution in [0.3, 0.4) is 0 Å². The van der Waals surface area contributed by atoms with Crippen molar-refractivity contribution in [3.05, 3.63) is 77.2 Å². The molecule has 1 aliphatic heterocycles. The predicted octanol–water partition coefficient (Wildman–Crippen LogP) is 3.21. The van der Waals surface area contributed by atoms with Crippen molar-refractivity contribution in [2.24, 2.45) is 0 Å². The Morgan fingerprint density at radius 3 is 1.91 bits per heavy atom. The first-order valence-corrected chi connectivity index (χ1v) is 8.28. The predicted molar refractivity (Wildman–Crippen MR) is 84.6 cm³/mol. The van der Waals surface area contributed by atoms with Gasteiger partial charge in [0.25, 0.3) is 0 Å². The van der Waals surface area contributed by atoms with Crippen LogP contribution in [0.25, 0.3) is 0 Å². The van der Waals surface area contributed by atoms with Gasteiger partial charge in [0.05, 0.1) is 11.1 Å². The van der Waals surface area contributed by atoms with E-state index in [0.29, 0.717) is 4.90 Å². The molecule has 2 aromatic carbocycles. The number of nitrogens with zero attached hydrogens (tertiary/aromatic N) is 1. The molecule has 0 N–H and O–H groups in total. The molecule has 0 aliphatic carbocycles. The molecular weight excluding hydrogens is 298 g/mol. The van der Waals surface area contributed by atoms with Crippen molar-refractivity contribution in [2.75, 3.05) is 0 Å². The molecule has 3 rings (SSSR count). The lowest BCUT2D eigenvalue weighted by Gasteiger charge is -2.15. The molecule has 0 spiro atoms. The number of rotatable bonds is 3. The van der Waals surface area contributed by atoms with E-state index in [2.05, 4.69) is 6.58 Å². The van der Waals surface area contributed by atoms with E-state index in [0.717, 1.165) is 9.87 Å². The number of carbonyl (C=O) groups excluding carboxylic acids is 2. The SMILES string of the molecule is C=C[S+](=O)(c1ccc(C)cc1)N1C(=O)c2ccccc2C1=O. The van der Waals surface area contributed by atoms with Crippen LogP contribution >= 0.6 is 0 Å². The molecule has 1 unspecified atom stereocenters. The Balaban J connectivity index is 2.15. The van der Waals surface area contributed by atoms with Gasteiger partial charge in [-0.1, -0.05) is 38.3 Å². The summed E-state index contributed by atoms with van der Waals surface area (Å²) in [5.41, 5.74) is 1.54. The highest BCUT2D eigenvalue weighted by Gasteiger charge is 2.51. The lowest BCUT2D eigenvalue weighted by Crippen LogP contribution is -2.39. The van der Waals surface area contributed by atoms with E-state index in [1.807, 2.05) is 6.92 Å². The molecule has 1 heterocycles. The van der Waals surface area contributed by atoms with Crippen LogP contribution in [-0.4, -0.2) is 16.1 Å². The topological polar surface area (TPSA) is 54.5 Å². The van der Waals surface area contributed by atoms with Crippen LogP contribution in [0.15, 0.2) is 65.4 Å². The Morgan fingerprint density at radius 2 is 1.45 bits per heavy atom. The van der Waals surface area contributed by atoms with Gasteiger partial charge in [-0.2, -0.15) is 0 Å². The molecule has 5 heteroatoms. The van der Waals surface area contributed by atoms with Crippen molar-refractivity contribution in [1.82, 2.24) is 4.31 Å². The third-order valence-corrected chi connectivity index (χ3v) is 5.89. The zero-order valence-corrected chi connectivity index (χ0v) is 12.8. The molecule has 0 fully saturated rings. The fourth-order valence-corrected chi connectivity index (χ4v) is 4.19. The van der Waals surface area contributed by atoms with Crippen LogP contribution in [0, 0.1) is 6.92 Å². The normalized spacial score (nSPS) is 16.3. The zero-order valence-electron chi connectivity index (χ0n) is 12.0. The van der Waals surface area contributed by atoms with Gasteiger partial charge < -0.3 is 0 Å². The number of fused-ring (bicyclic) bond motifs is 1. The van der Waals surface area contributed by atoms with E-state index in [1.165, 1.54) is 5.41 Å². The van der Waals surface area contributed by atoms with Crippen molar-refractivity contribution < 1.29 is 13.8 Å². The summed E-state index contributed by atoms with van der Waals surface area (Å²) in [7, 11) is -3.17. The van der Waals surface area contributed by atoms with Gasteiger partial charge in [0, 0.05) is 0 Å². The number of amides is 2. The van der Waals surface area contributed by atoms with Gasteiger partial charge in [0.15, 0.2) is 4.90 Å². The first-order chi connectivity index (χ1) is 10.5. The second-order valence-corrected chi connectivity index (χ2v) is 7.31. The first-order valence-electron chi connectivity index (χ1n) is 6.70. The van der Waals surface area contributed by atoms with Gasteiger partial charge in [-0.15, -0.1) is 0 Å². The van der Waals surface area contributed by atoms with Gasteiger partial charge >= 0.3 is 11.8 Å². The van der Waals surface area contributed by atoms with Crippen LogP contribution in [0.1, 0.15) is 26.3 Å². The smallest absolute Gasteiger partial charge is 0.264 e. The largest absolute Gasteiger partial charge is 0.305 e. The second-order valence-electron chi connectivity index (χ2n) is 5.00. The number of imide groups is 1. The summed E-state index contributed by atoms with van der Waals surface area (Å²) >= 11 is 0. The molecule has 0 radical (unpaired) electrons. The fourth-order valence-electron chi connectivity index (χ4n) is 2.42. The summed E-state index contributed by atoms with van der Waals surface area (Å²) in [6.45, 7) is 5.49. The van der Waals surface area contributed by atoms with Crippen LogP contribution in [0.4, 0.5) is 0 Å². The molecule has 110 valence electrons. The van der Waals surface area contributed by atoms with Gasteiger partial charge in [0.2, 0.25) is 10.1 Å². The van der Waals surface area contributed by atoms with E-state index in [9.17, 15) is 13.8 Å². The Kier molecular flexibility index (Phi) is 3.30. The highest BCUT2D eigenvalue weighted by Crippen LogP contribution is 2.34. The van der Waals surface area contributed by atoms with Crippen molar-refractivity contribution in [2.45, 2.75) is 11.8 Å². The highest BCUT2D eigenvalue weighted by molar-refractivity contribution is 8.04. The Labute approximate surface area is 129 Å². The van der Waals surface area contributed by atoms with E-state index in [-0.39, 0.29) is 11.1 Å². The number of hydrogen-bond acceptors (Lipinski definition) is 3. The highest BCUT2D eigenvalue weighted by atomic mass is 32.3. The van der Waals surface area contributed by atoms with Crippen molar-refractivity contribution in [3.8, 4) is 0 Å². The minimum absolute atomic E-state index is 0.272. The quantitative estimate of drug-likeness (QED) is 0.646. The summed E-state index contributed by atoms with van der Waals surface area (Å²) in [6, 6.07) is 13.4. The van der Waals surface area contributed by atoms with E-state index >= 15 is 0 Å². The van der Waals surface area contributed by atoms with Crippen molar-refractivity contribution in [3.63, 3.8) is 0 Å². The molecule has 4 nitrogen and oxygen atoms in total. The van der Waals surface area contributed by atoms with Crippen LogP contribution in [0.5, 0.6) is 0 Å². The summed E-state index contributed by atoms with van der Waals surface area (Å²) < 4.78 is 14.2.